The molecule has 1 aliphatic carbocycles. The van der Waals surface area contributed by atoms with E-state index in [1.54, 1.807) is 0 Å². The van der Waals surface area contributed by atoms with Crippen molar-refractivity contribution in [2.24, 2.45) is 5.41 Å². The molecule has 2 atom stereocenters. The van der Waals surface area contributed by atoms with E-state index in [2.05, 4.69) is 28.1 Å². The topological polar surface area (TPSA) is 58.5 Å². The van der Waals surface area contributed by atoms with E-state index in [4.69, 9.17) is 4.74 Å². The molecule has 0 aromatic carbocycles. The summed E-state index contributed by atoms with van der Waals surface area (Å²) in [6.07, 6.45) is 2.80. The smallest absolute Gasteiger partial charge is 0.205 e. The van der Waals surface area contributed by atoms with E-state index in [1.807, 2.05) is 6.92 Å². The third kappa shape index (κ3) is 2.58. The Balaban J connectivity index is 1.64. The fourth-order valence-corrected chi connectivity index (χ4v) is 4.38. The molecule has 1 aliphatic heterocycles. The maximum Gasteiger partial charge on any atom is 0.205 e. The second kappa shape index (κ2) is 5.82. The summed E-state index contributed by atoms with van der Waals surface area (Å²) in [5.74, 6) is 1.31. The summed E-state index contributed by atoms with van der Waals surface area (Å²) in [6, 6.07) is 0. The highest BCUT2D eigenvalue weighted by atomic mass is 32.1. The van der Waals surface area contributed by atoms with Crippen LogP contribution < -0.4 is 4.90 Å². The van der Waals surface area contributed by atoms with Crippen molar-refractivity contribution in [2.45, 2.75) is 58.2 Å². The highest BCUT2D eigenvalue weighted by molar-refractivity contribution is 7.09. The molecule has 1 N–H and O–H groups in total. The number of aromatic nitrogens is 2. The van der Waals surface area contributed by atoms with Gasteiger partial charge in [-0.15, -0.1) is 0 Å². The molecule has 118 valence electrons. The zero-order valence-corrected chi connectivity index (χ0v) is 13.9. The first kappa shape index (κ1) is 15.2. The van der Waals surface area contributed by atoms with Gasteiger partial charge >= 0.3 is 0 Å². The third-order valence-corrected chi connectivity index (χ3v) is 5.81. The van der Waals surface area contributed by atoms with E-state index in [9.17, 15) is 5.11 Å². The number of anilines is 1. The van der Waals surface area contributed by atoms with Crippen LogP contribution in [-0.2, 0) is 4.74 Å². The lowest BCUT2D eigenvalue weighted by molar-refractivity contribution is -0.199. The molecule has 0 amide bonds. The lowest BCUT2D eigenvalue weighted by atomic mass is 9.58. The van der Waals surface area contributed by atoms with Gasteiger partial charge in [-0.1, -0.05) is 13.8 Å². The van der Waals surface area contributed by atoms with Crippen LogP contribution in [0.5, 0.6) is 0 Å². The average Bonchev–Trinajstić information content (AvgIpc) is 2.97. The van der Waals surface area contributed by atoms with Crippen LogP contribution in [-0.4, -0.2) is 46.4 Å². The number of ether oxygens (including phenoxy) is 1. The van der Waals surface area contributed by atoms with Gasteiger partial charge in [-0.25, -0.2) is 4.98 Å². The Labute approximate surface area is 130 Å². The summed E-state index contributed by atoms with van der Waals surface area (Å²) in [7, 11) is 0. The summed E-state index contributed by atoms with van der Waals surface area (Å²) in [6.45, 7) is 8.88. The van der Waals surface area contributed by atoms with Gasteiger partial charge in [-0.2, -0.15) is 4.37 Å². The lowest BCUT2D eigenvalue weighted by Crippen LogP contribution is -2.62. The Kier molecular flexibility index (Phi) is 4.21. The van der Waals surface area contributed by atoms with Crippen LogP contribution in [0.15, 0.2) is 0 Å². The quantitative estimate of drug-likeness (QED) is 0.925. The molecule has 6 heteroatoms. The van der Waals surface area contributed by atoms with Gasteiger partial charge in [0.05, 0.1) is 12.2 Å². The van der Waals surface area contributed by atoms with Crippen molar-refractivity contribution in [3.8, 4) is 0 Å². The predicted octanol–water partition coefficient (Wildman–Crippen LogP) is 2.42. The van der Waals surface area contributed by atoms with Gasteiger partial charge in [0.15, 0.2) is 0 Å². The highest BCUT2D eigenvalue weighted by Crippen LogP contribution is 2.51. The molecule has 2 fully saturated rings. The molecule has 1 aromatic heterocycles. The number of aliphatic hydroxyl groups is 1. The normalized spacial score (nSPS) is 28.1. The molecule has 1 saturated heterocycles. The van der Waals surface area contributed by atoms with Crippen molar-refractivity contribution >= 4 is 16.7 Å². The second-order valence-electron chi connectivity index (χ2n) is 6.51. The van der Waals surface area contributed by atoms with E-state index in [0.29, 0.717) is 5.92 Å². The first-order valence-electron chi connectivity index (χ1n) is 7.95. The fraction of sp³-hybridized carbons (Fsp3) is 0.867. The number of piperidine rings is 1. The van der Waals surface area contributed by atoms with Gasteiger partial charge in [0, 0.05) is 49.0 Å². The Morgan fingerprint density at radius 3 is 2.67 bits per heavy atom. The monoisotopic (exact) mass is 311 g/mol. The van der Waals surface area contributed by atoms with Crippen LogP contribution in [0.1, 0.15) is 51.8 Å². The second-order valence-corrected chi connectivity index (χ2v) is 7.24. The van der Waals surface area contributed by atoms with Crippen LogP contribution in [0.2, 0.25) is 0 Å². The van der Waals surface area contributed by atoms with Gasteiger partial charge in [0.1, 0.15) is 5.82 Å². The first-order valence-corrected chi connectivity index (χ1v) is 8.72. The van der Waals surface area contributed by atoms with Crippen molar-refractivity contribution in [1.82, 2.24) is 9.36 Å². The Morgan fingerprint density at radius 1 is 1.43 bits per heavy atom. The van der Waals surface area contributed by atoms with Crippen molar-refractivity contribution in [1.29, 1.82) is 0 Å². The van der Waals surface area contributed by atoms with E-state index in [0.717, 1.165) is 49.9 Å². The molecule has 1 spiro atoms. The molecule has 21 heavy (non-hydrogen) atoms. The molecule has 1 aromatic rings. The zero-order chi connectivity index (χ0) is 15.0. The predicted molar refractivity (Wildman–Crippen MR) is 83.9 cm³/mol. The molecule has 5 nitrogen and oxygen atoms in total. The molecule has 2 heterocycles. The van der Waals surface area contributed by atoms with Crippen molar-refractivity contribution < 1.29 is 9.84 Å². The highest BCUT2D eigenvalue weighted by Gasteiger charge is 2.56. The van der Waals surface area contributed by atoms with Crippen LogP contribution in [0.4, 0.5) is 5.13 Å². The number of rotatable bonds is 4. The minimum absolute atomic E-state index is 0.0158. The molecular formula is C15H25N3O2S. The van der Waals surface area contributed by atoms with Gasteiger partial charge in [0.25, 0.3) is 0 Å². The van der Waals surface area contributed by atoms with Crippen LogP contribution in [0.25, 0.3) is 0 Å². The summed E-state index contributed by atoms with van der Waals surface area (Å²) in [5.41, 5.74) is -0.0158. The van der Waals surface area contributed by atoms with Crippen LogP contribution in [0.3, 0.4) is 0 Å². The van der Waals surface area contributed by atoms with Crippen molar-refractivity contribution in [3.63, 3.8) is 0 Å². The lowest BCUT2D eigenvalue weighted by Gasteiger charge is -2.56. The Hall–Kier alpha value is -0.720. The molecule has 0 unspecified atom stereocenters. The van der Waals surface area contributed by atoms with Crippen LogP contribution >= 0.6 is 11.5 Å². The van der Waals surface area contributed by atoms with E-state index in [1.165, 1.54) is 11.5 Å². The van der Waals surface area contributed by atoms with Crippen LogP contribution in [0, 0.1) is 5.41 Å². The fourth-order valence-electron chi connectivity index (χ4n) is 3.52. The number of aliphatic hydroxyl groups excluding tert-OH is 1. The number of hydrogen-bond acceptors (Lipinski definition) is 6. The molecule has 3 rings (SSSR count). The van der Waals surface area contributed by atoms with E-state index in [-0.39, 0.29) is 17.6 Å². The molecule has 1 saturated carbocycles. The Bertz CT molecular complexity index is 481. The van der Waals surface area contributed by atoms with Gasteiger partial charge in [-0.05, 0) is 19.8 Å². The Morgan fingerprint density at radius 2 is 2.14 bits per heavy atom. The first-order chi connectivity index (χ1) is 10.1. The molecular weight excluding hydrogens is 286 g/mol. The minimum Gasteiger partial charge on any atom is -0.392 e. The number of hydrogen-bond donors (Lipinski definition) is 1. The maximum atomic E-state index is 10.2. The third-order valence-electron chi connectivity index (χ3n) is 5.02. The maximum absolute atomic E-state index is 10.2. The molecule has 0 bridgehead atoms. The summed E-state index contributed by atoms with van der Waals surface area (Å²) in [4.78, 5) is 6.95. The van der Waals surface area contributed by atoms with Gasteiger partial charge in [0.2, 0.25) is 5.13 Å². The summed E-state index contributed by atoms with van der Waals surface area (Å²) in [5, 5.41) is 11.3. The molecule has 2 aliphatic rings. The molecule has 0 radical (unpaired) electrons. The largest absolute Gasteiger partial charge is 0.392 e. The summed E-state index contributed by atoms with van der Waals surface area (Å²) >= 11 is 1.49. The van der Waals surface area contributed by atoms with Crippen molar-refractivity contribution in [3.05, 3.63) is 5.82 Å². The standard InChI is InChI=1S/C15H25N3O2S/c1-4-20-12-9-11(19)15(12)5-7-18(8-6-15)14-16-13(10(2)3)17-21-14/h10-12,19H,4-9H2,1-3H3/t11-,12+/m1/s1. The average molecular weight is 311 g/mol. The van der Waals surface area contributed by atoms with E-state index >= 15 is 0 Å². The minimum atomic E-state index is -0.197. The van der Waals surface area contributed by atoms with E-state index < -0.39 is 0 Å². The zero-order valence-electron chi connectivity index (χ0n) is 13.1. The van der Waals surface area contributed by atoms with Gasteiger partial charge in [-0.3, -0.25) is 0 Å². The van der Waals surface area contributed by atoms with Gasteiger partial charge < -0.3 is 14.7 Å². The number of nitrogens with zero attached hydrogens (tertiary/aromatic N) is 3. The van der Waals surface area contributed by atoms with Crippen molar-refractivity contribution in [2.75, 3.05) is 24.6 Å². The summed E-state index contributed by atoms with van der Waals surface area (Å²) < 4.78 is 10.2. The SMILES string of the molecule is CCO[C@H]1C[C@@H](O)C12CCN(c1nc(C(C)C)ns1)CC2.